The number of benzene rings is 1. The van der Waals surface area contributed by atoms with E-state index in [9.17, 15) is 4.79 Å². The summed E-state index contributed by atoms with van der Waals surface area (Å²) in [5, 5.41) is 3.42. The van der Waals surface area contributed by atoms with E-state index in [4.69, 9.17) is 4.74 Å². The number of carbonyl (C=O) groups is 1. The molecule has 5 nitrogen and oxygen atoms in total. The number of methoxy groups -OCH3 is 1. The van der Waals surface area contributed by atoms with E-state index in [0.717, 1.165) is 57.1 Å². The molecular weight excluding hydrogens is 290 g/mol. The van der Waals surface area contributed by atoms with Gasteiger partial charge in [0, 0.05) is 58.3 Å². The molecule has 0 aliphatic carbocycles. The first-order valence-electron chi connectivity index (χ1n) is 8.19. The molecule has 0 unspecified atom stereocenters. The molecule has 5 heteroatoms. The van der Waals surface area contributed by atoms with E-state index in [1.54, 1.807) is 14.0 Å². The quantitative estimate of drug-likeness (QED) is 0.774. The number of amides is 1. The zero-order valence-corrected chi connectivity index (χ0v) is 14.1. The fraction of sp³-hybridized carbons (Fsp3) is 0.500. The minimum Gasteiger partial charge on any atom is -0.496 e. The monoisotopic (exact) mass is 317 g/mol. The molecule has 0 radical (unpaired) electrons. The van der Waals surface area contributed by atoms with Gasteiger partial charge in [-0.15, -0.1) is 0 Å². The van der Waals surface area contributed by atoms with Crippen molar-refractivity contribution < 1.29 is 9.53 Å². The van der Waals surface area contributed by atoms with E-state index >= 15 is 0 Å². The number of carbonyl (C=O) groups excluding carboxylic acids is 1. The van der Waals surface area contributed by atoms with Gasteiger partial charge in [0.25, 0.3) is 0 Å². The predicted molar refractivity (Wildman–Crippen MR) is 93.6 cm³/mol. The van der Waals surface area contributed by atoms with Gasteiger partial charge in [-0.05, 0) is 6.07 Å². The number of nitrogens with one attached hydrogen (secondary N) is 1. The van der Waals surface area contributed by atoms with Crippen molar-refractivity contribution in [1.29, 1.82) is 0 Å². The molecule has 1 aromatic carbocycles. The SMILES string of the molecule is COc1ccccc1/C=C/CNCCN1CCN(C(C)=O)CC1. The molecule has 0 bridgehead atoms. The molecule has 1 N–H and O–H groups in total. The molecule has 0 atom stereocenters. The minimum absolute atomic E-state index is 0.184. The van der Waals surface area contributed by atoms with Crippen molar-refractivity contribution in [1.82, 2.24) is 15.1 Å². The molecule has 0 spiro atoms. The molecule has 126 valence electrons. The van der Waals surface area contributed by atoms with Crippen molar-refractivity contribution in [3.8, 4) is 5.75 Å². The summed E-state index contributed by atoms with van der Waals surface area (Å²) < 4.78 is 5.32. The second kappa shape index (κ2) is 9.33. The van der Waals surface area contributed by atoms with Crippen LogP contribution < -0.4 is 10.1 Å². The maximum Gasteiger partial charge on any atom is 0.219 e. The van der Waals surface area contributed by atoms with Crippen LogP contribution >= 0.6 is 0 Å². The summed E-state index contributed by atoms with van der Waals surface area (Å²) in [5.41, 5.74) is 1.09. The minimum atomic E-state index is 0.184. The Bertz CT molecular complexity index is 523. The summed E-state index contributed by atoms with van der Waals surface area (Å²) >= 11 is 0. The van der Waals surface area contributed by atoms with Crippen molar-refractivity contribution in [2.45, 2.75) is 6.92 Å². The van der Waals surface area contributed by atoms with Crippen LogP contribution in [-0.4, -0.2) is 68.6 Å². The molecule has 2 rings (SSSR count). The lowest BCUT2D eigenvalue weighted by molar-refractivity contribution is -0.130. The molecule has 1 aliphatic rings. The van der Waals surface area contributed by atoms with Crippen LogP contribution in [0.15, 0.2) is 30.3 Å². The largest absolute Gasteiger partial charge is 0.496 e. The second-order valence-corrected chi connectivity index (χ2v) is 5.70. The van der Waals surface area contributed by atoms with Crippen LogP contribution in [0.2, 0.25) is 0 Å². The first-order valence-corrected chi connectivity index (χ1v) is 8.19. The summed E-state index contributed by atoms with van der Waals surface area (Å²) in [5.74, 6) is 1.08. The van der Waals surface area contributed by atoms with E-state index in [0.29, 0.717) is 0 Å². The Morgan fingerprint density at radius 1 is 1.26 bits per heavy atom. The molecule has 1 heterocycles. The number of rotatable bonds is 7. The lowest BCUT2D eigenvalue weighted by Crippen LogP contribution is -2.49. The zero-order chi connectivity index (χ0) is 16.5. The van der Waals surface area contributed by atoms with Gasteiger partial charge in [0.15, 0.2) is 0 Å². The smallest absolute Gasteiger partial charge is 0.219 e. The van der Waals surface area contributed by atoms with Crippen LogP contribution in [0.1, 0.15) is 12.5 Å². The fourth-order valence-electron chi connectivity index (χ4n) is 2.70. The van der Waals surface area contributed by atoms with Crippen LogP contribution in [0.25, 0.3) is 6.08 Å². The molecule has 0 aromatic heterocycles. The lowest BCUT2D eigenvalue weighted by Gasteiger charge is -2.34. The van der Waals surface area contributed by atoms with E-state index < -0.39 is 0 Å². The normalized spacial score (nSPS) is 16.0. The zero-order valence-electron chi connectivity index (χ0n) is 14.1. The number of para-hydroxylation sites is 1. The van der Waals surface area contributed by atoms with Gasteiger partial charge < -0.3 is 15.0 Å². The highest BCUT2D eigenvalue weighted by atomic mass is 16.5. The Balaban J connectivity index is 1.61. The molecule has 1 aliphatic heterocycles. The van der Waals surface area contributed by atoms with Crippen LogP contribution in [0.3, 0.4) is 0 Å². The Kier molecular flexibility index (Phi) is 7.10. The maximum absolute atomic E-state index is 11.3. The van der Waals surface area contributed by atoms with Crippen molar-refractivity contribution >= 4 is 12.0 Å². The third kappa shape index (κ3) is 5.69. The highest BCUT2D eigenvalue weighted by molar-refractivity contribution is 5.73. The van der Waals surface area contributed by atoms with E-state index in [-0.39, 0.29) is 5.91 Å². The first-order chi connectivity index (χ1) is 11.2. The average Bonchev–Trinajstić information content (AvgIpc) is 2.58. The fourth-order valence-corrected chi connectivity index (χ4v) is 2.70. The molecule has 0 saturated carbocycles. The Morgan fingerprint density at radius 3 is 2.70 bits per heavy atom. The summed E-state index contributed by atoms with van der Waals surface area (Å²) in [4.78, 5) is 15.6. The molecular formula is C18H27N3O2. The van der Waals surface area contributed by atoms with Gasteiger partial charge >= 0.3 is 0 Å². The van der Waals surface area contributed by atoms with Crippen LogP contribution in [0, 0.1) is 0 Å². The van der Waals surface area contributed by atoms with Gasteiger partial charge in [-0.25, -0.2) is 0 Å². The molecule has 23 heavy (non-hydrogen) atoms. The van der Waals surface area contributed by atoms with Gasteiger partial charge in [-0.2, -0.15) is 0 Å². The average molecular weight is 317 g/mol. The predicted octanol–water partition coefficient (Wildman–Crippen LogP) is 1.46. The van der Waals surface area contributed by atoms with Crippen LogP contribution in [-0.2, 0) is 4.79 Å². The molecule has 1 amide bonds. The Hall–Kier alpha value is -1.85. The highest BCUT2D eigenvalue weighted by Gasteiger charge is 2.17. The standard InChI is InChI=1S/C18H27N3O2/c1-16(22)21-14-12-20(13-15-21)11-10-19-9-5-7-17-6-3-4-8-18(17)23-2/h3-8,19H,9-15H2,1-2H3/b7-5+. The van der Waals surface area contributed by atoms with Gasteiger partial charge in [0.1, 0.15) is 5.75 Å². The number of piperazine rings is 1. The molecule has 1 saturated heterocycles. The number of hydrogen-bond donors (Lipinski definition) is 1. The summed E-state index contributed by atoms with van der Waals surface area (Å²) in [6, 6.07) is 7.99. The van der Waals surface area contributed by atoms with Crippen molar-refractivity contribution in [2.75, 3.05) is 52.9 Å². The second-order valence-electron chi connectivity index (χ2n) is 5.70. The van der Waals surface area contributed by atoms with Crippen LogP contribution in [0.4, 0.5) is 0 Å². The van der Waals surface area contributed by atoms with E-state index in [2.05, 4.69) is 22.4 Å². The first kappa shape index (κ1) is 17.5. The van der Waals surface area contributed by atoms with Gasteiger partial charge in [-0.1, -0.05) is 30.4 Å². The van der Waals surface area contributed by atoms with Gasteiger partial charge in [0.2, 0.25) is 5.91 Å². The number of ether oxygens (including phenoxy) is 1. The maximum atomic E-state index is 11.3. The summed E-state index contributed by atoms with van der Waals surface area (Å²) in [7, 11) is 1.69. The summed E-state index contributed by atoms with van der Waals surface area (Å²) in [6.07, 6.45) is 4.20. The Morgan fingerprint density at radius 2 is 2.00 bits per heavy atom. The van der Waals surface area contributed by atoms with Crippen molar-refractivity contribution in [3.63, 3.8) is 0 Å². The third-order valence-electron chi connectivity index (χ3n) is 4.12. The third-order valence-corrected chi connectivity index (χ3v) is 4.12. The van der Waals surface area contributed by atoms with E-state index in [1.165, 1.54) is 0 Å². The van der Waals surface area contributed by atoms with Crippen molar-refractivity contribution in [2.24, 2.45) is 0 Å². The van der Waals surface area contributed by atoms with Gasteiger partial charge in [0.05, 0.1) is 7.11 Å². The molecule has 1 aromatic rings. The van der Waals surface area contributed by atoms with E-state index in [1.807, 2.05) is 29.2 Å². The van der Waals surface area contributed by atoms with Gasteiger partial charge in [-0.3, -0.25) is 9.69 Å². The Labute approximate surface area is 138 Å². The lowest BCUT2D eigenvalue weighted by atomic mass is 10.2. The summed E-state index contributed by atoms with van der Waals surface area (Å²) in [6.45, 7) is 8.10. The molecule has 1 fully saturated rings. The van der Waals surface area contributed by atoms with Crippen molar-refractivity contribution in [3.05, 3.63) is 35.9 Å². The number of hydrogen-bond acceptors (Lipinski definition) is 4. The highest BCUT2D eigenvalue weighted by Crippen LogP contribution is 2.18. The number of nitrogens with zero attached hydrogens (tertiary/aromatic N) is 2. The van der Waals surface area contributed by atoms with Crippen LogP contribution in [0.5, 0.6) is 5.75 Å². The topological polar surface area (TPSA) is 44.8 Å².